The topological polar surface area (TPSA) is 56.6 Å². The Morgan fingerprint density at radius 1 is 0.971 bits per heavy atom. The van der Waals surface area contributed by atoms with Crippen molar-refractivity contribution in [2.75, 3.05) is 25.2 Å². The molecule has 1 amide bonds. The van der Waals surface area contributed by atoms with Crippen LogP contribution < -0.4 is 14.4 Å². The molecule has 0 spiro atoms. The number of aromatic nitrogens is 2. The van der Waals surface area contributed by atoms with Crippen LogP contribution in [0.2, 0.25) is 0 Å². The molecular weight excluding hydrogens is 438 g/mol. The van der Waals surface area contributed by atoms with E-state index in [1.807, 2.05) is 47.4 Å². The Morgan fingerprint density at radius 3 is 2.43 bits per heavy atom. The molecule has 0 radical (unpaired) electrons. The van der Waals surface area contributed by atoms with Gasteiger partial charge in [0.1, 0.15) is 17.3 Å². The molecule has 0 bridgehead atoms. The molecule has 6 heteroatoms. The SMILES string of the molecule is COc1ccc(OCCCn2c([C@@H]3CC(=O)N(c4cc(C)cc(C)c4)C3)nc3ccccc32)cc1. The van der Waals surface area contributed by atoms with Gasteiger partial charge in [-0.05, 0) is 79.9 Å². The molecule has 0 saturated carbocycles. The Kier molecular flexibility index (Phi) is 6.45. The third-order valence-electron chi connectivity index (χ3n) is 6.55. The van der Waals surface area contributed by atoms with Crippen molar-refractivity contribution in [1.82, 2.24) is 9.55 Å². The molecule has 180 valence electrons. The van der Waals surface area contributed by atoms with Gasteiger partial charge in [0.25, 0.3) is 0 Å². The third kappa shape index (κ3) is 4.87. The Hall–Kier alpha value is -3.80. The van der Waals surface area contributed by atoms with Crippen LogP contribution in [0.1, 0.15) is 35.7 Å². The summed E-state index contributed by atoms with van der Waals surface area (Å²) in [5.74, 6) is 2.83. The van der Waals surface area contributed by atoms with Crippen molar-refractivity contribution >= 4 is 22.6 Å². The highest BCUT2D eigenvalue weighted by molar-refractivity contribution is 5.96. The number of carbonyl (C=O) groups excluding carboxylic acids is 1. The van der Waals surface area contributed by atoms with E-state index in [4.69, 9.17) is 14.5 Å². The maximum absolute atomic E-state index is 13.0. The van der Waals surface area contributed by atoms with Crippen LogP contribution in [0.5, 0.6) is 11.5 Å². The summed E-state index contributed by atoms with van der Waals surface area (Å²) >= 11 is 0. The number of aryl methyl sites for hydroxylation is 3. The number of amides is 1. The molecule has 1 atom stereocenters. The maximum atomic E-state index is 13.0. The number of hydrogen-bond donors (Lipinski definition) is 0. The average Bonchev–Trinajstić information content (AvgIpc) is 3.42. The Bertz CT molecular complexity index is 1320. The number of hydrogen-bond acceptors (Lipinski definition) is 4. The number of rotatable bonds is 8. The molecule has 1 fully saturated rings. The van der Waals surface area contributed by atoms with Gasteiger partial charge in [0.2, 0.25) is 5.91 Å². The second kappa shape index (κ2) is 9.82. The minimum Gasteiger partial charge on any atom is -0.497 e. The van der Waals surface area contributed by atoms with Crippen molar-refractivity contribution in [1.29, 1.82) is 0 Å². The quantitative estimate of drug-likeness (QED) is 0.313. The highest BCUT2D eigenvalue weighted by Gasteiger charge is 2.35. The lowest BCUT2D eigenvalue weighted by Gasteiger charge is -2.19. The first-order valence-electron chi connectivity index (χ1n) is 12.1. The minimum atomic E-state index is 0.0539. The molecule has 0 unspecified atom stereocenters. The standard InChI is InChI=1S/C29H31N3O3/c1-20-15-21(2)17-23(16-20)32-19-22(18-28(32)33)29-30-26-7-4-5-8-27(26)31(29)13-6-14-35-25-11-9-24(34-3)10-12-25/h4-5,7-12,15-17,22H,6,13-14,18-19H2,1-3H3/t22-/m1/s1. The zero-order valence-electron chi connectivity index (χ0n) is 20.5. The molecule has 1 aromatic heterocycles. The number of ether oxygens (including phenoxy) is 2. The van der Waals surface area contributed by atoms with Gasteiger partial charge in [-0.1, -0.05) is 18.2 Å². The molecule has 0 aliphatic carbocycles. The van der Waals surface area contributed by atoms with E-state index < -0.39 is 0 Å². The molecule has 1 saturated heterocycles. The van der Waals surface area contributed by atoms with Crippen LogP contribution in [0.4, 0.5) is 5.69 Å². The van der Waals surface area contributed by atoms with Crippen LogP contribution in [-0.4, -0.2) is 35.7 Å². The lowest BCUT2D eigenvalue weighted by molar-refractivity contribution is -0.117. The molecular formula is C29H31N3O3. The maximum Gasteiger partial charge on any atom is 0.227 e. The molecule has 0 N–H and O–H groups in total. The molecule has 1 aliphatic heterocycles. The Labute approximate surface area is 206 Å². The normalized spacial score (nSPS) is 15.7. The summed E-state index contributed by atoms with van der Waals surface area (Å²) in [7, 11) is 1.65. The van der Waals surface area contributed by atoms with Gasteiger partial charge in [0.15, 0.2) is 0 Å². The van der Waals surface area contributed by atoms with E-state index in [2.05, 4.69) is 42.7 Å². The van der Waals surface area contributed by atoms with Crippen LogP contribution in [0.15, 0.2) is 66.7 Å². The molecule has 3 aromatic carbocycles. The summed E-state index contributed by atoms with van der Waals surface area (Å²) in [6, 6.07) is 22.2. The number of nitrogens with zero attached hydrogens (tertiary/aromatic N) is 3. The zero-order chi connectivity index (χ0) is 24.4. The summed E-state index contributed by atoms with van der Waals surface area (Å²) in [6.07, 6.45) is 1.31. The van der Waals surface area contributed by atoms with Crippen LogP contribution in [0.25, 0.3) is 11.0 Å². The number of para-hydroxylation sites is 2. The number of benzene rings is 3. The summed E-state index contributed by atoms with van der Waals surface area (Å²) in [5, 5.41) is 0. The van der Waals surface area contributed by atoms with E-state index in [0.29, 0.717) is 19.6 Å². The van der Waals surface area contributed by atoms with Crippen LogP contribution in [0.3, 0.4) is 0 Å². The van der Waals surface area contributed by atoms with E-state index in [0.717, 1.165) is 47.0 Å². The summed E-state index contributed by atoms with van der Waals surface area (Å²) in [4.78, 5) is 19.9. The van der Waals surface area contributed by atoms with Crippen molar-refractivity contribution in [2.24, 2.45) is 0 Å². The lowest BCUT2D eigenvalue weighted by Crippen LogP contribution is -2.24. The Morgan fingerprint density at radius 2 is 1.69 bits per heavy atom. The second-order valence-electron chi connectivity index (χ2n) is 9.24. The van der Waals surface area contributed by atoms with Crippen molar-refractivity contribution in [2.45, 2.75) is 39.2 Å². The van der Waals surface area contributed by atoms with Gasteiger partial charge in [0.05, 0.1) is 24.8 Å². The predicted molar refractivity (Wildman–Crippen MR) is 138 cm³/mol. The zero-order valence-corrected chi connectivity index (χ0v) is 20.5. The predicted octanol–water partition coefficient (Wildman–Crippen LogP) is 5.65. The van der Waals surface area contributed by atoms with Crippen molar-refractivity contribution in [3.05, 3.63) is 83.7 Å². The summed E-state index contributed by atoms with van der Waals surface area (Å²) < 4.78 is 13.4. The molecule has 6 nitrogen and oxygen atoms in total. The first-order chi connectivity index (χ1) is 17.0. The molecule has 4 aromatic rings. The van der Waals surface area contributed by atoms with Gasteiger partial charge in [0, 0.05) is 31.1 Å². The van der Waals surface area contributed by atoms with Gasteiger partial charge in [-0.2, -0.15) is 0 Å². The fourth-order valence-corrected chi connectivity index (χ4v) is 4.96. The van der Waals surface area contributed by atoms with Gasteiger partial charge < -0.3 is 18.9 Å². The van der Waals surface area contributed by atoms with Crippen LogP contribution in [-0.2, 0) is 11.3 Å². The van der Waals surface area contributed by atoms with Gasteiger partial charge in [-0.3, -0.25) is 4.79 Å². The largest absolute Gasteiger partial charge is 0.497 e. The highest BCUT2D eigenvalue weighted by Crippen LogP contribution is 2.34. The van der Waals surface area contributed by atoms with Gasteiger partial charge in [-0.15, -0.1) is 0 Å². The Balaban J connectivity index is 1.33. The second-order valence-corrected chi connectivity index (χ2v) is 9.24. The van der Waals surface area contributed by atoms with E-state index in [1.54, 1.807) is 7.11 Å². The monoisotopic (exact) mass is 469 g/mol. The minimum absolute atomic E-state index is 0.0539. The molecule has 35 heavy (non-hydrogen) atoms. The molecule has 2 heterocycles. The first kappa shape index (κ1) is 23.0. The van der Waals surface area contributed by atoms with Crippen LogP contribution >= 0.6 is 0 Å². The highest BCUT2D eigenvalue weighted by atomic mass is 16.5. The number of anilines is 1. The van der Waals surface area contributed by atoms with E-state index in [-0.39, 0.29) is 11.8 Å². The number of carbonyl (C=O) groups is 1. The van der Waals surface area contributed by atoms with E-state index in [1.165, 1.54) is 11.1 Å². The van der Waals surface area contributed by atoms with Crippen LogP contribution in [0, 0.1) is 13.8 Å². The number of methoxy groups -OCH3 is 1. The van der Waals surface area contributed by atoms with Crippen molar-refractivity contribution < 1.29 is 14.3 Å². The number of imidazole rings is 1. The van der Waals surface area contributed by atoms with E-state index in [9.17, 15) is 4.79 Å². The molecule has 1 aliphatic rings. The molecule has 5 rings (SSSR count). The average molecular weight is 470 g/mol. The van der Waals surface area contributed by atoms with Gasteiger partial charge >= 0.3 is 0 Å². The fourth-order valence-electron chi connectivity index (χ4n) is 4.96. The van der Waals surface area contributed by atoms with E-state index >= 15 is 0 Å². The summed E-state index contributed by atoms with van der Waals surface area (Å²) in [6.45, 7) is 6.16. The fraction of sp³-hybridized carbons (Fsp3) is 0.310. The first-order valence-corrected chi connectivity index (χ1v) is 12.1. The smallest absolute Gasteiger partial charge is 0.227 e. The summed E-state index contributed by atoms with van der Waals surface area (Å²) in [5.41, 5.74) is 5.38. The third-order valence-corrected chi connectivity index (χ3v) is 6.55. The van der Waals surface area contributed by atoms with Gasteiger partial charge in [-0.25, -0.2) is 4.98 Å². The lowest BCUT2D eigenvalue weighted by atomic mass is 10.1. The van der Waals surface area contributed by atoms with Crippen molar-refractivity contribution in [3.63, 3.8) is 0 Å². The van der Waals surface area contributed by atoms with Crippen molar-refractivity contribution in [3.8, 4) is 11.5 Å². The number of fused-ring (bicyclic) bond motifs is 1.